The van der Waals surface area contributed by atoms with E-state index in [1.165, 1.54) is 5.56 Å². The Morgan fingerprint density at radius 2 is 1.67 bits per heavy atom. The number of carbonyl (C=O) groups excluding carboxylic acids is 1. The Labute approximate surface area is 199 Å². The Bertz CT molecular complexity index is 876. The number of ether oxygens (including phenoxy) is 3. The number of benzene rings is 2. The summed E-state index contributed by atoms with van der Waals surface area (Å²) in [7, 11) is 3.36. The molecule has 0 spiro atoms. The first-order valence-electron chi connectivity index (χ1n) is 12.0. The van der Waals surface area contributed by atoms with E-state index in [-0.39, 0.29) is 11.5 Å². The number of methoxy groups -OCH3 is 2. The molecule has 1 aliphatic heterocycles. The maximum absolute atomic E-state index is 12.8. The van der Waals surface area contributed by atoms with Crippen molar-refractivity contribution in [3.05, 3.63) is 59.7 Å². The van der Waals surface area contributed by atoms with Crippen LogP contribution in [0.4, 0.5) is 0 Å². The Balaban J connectivity index is 1.78. The van der Waals surface area contributed by atoms with E-state index in [1.54, 1.807) is 14.2 Å². The maximum Gasteiger partial charge on any atom is 0.222 e. The van der Waals surface area contributed by atoms with E-state index in [9.17, 15) is 4.79 Å². The van der Waals surface area contributed by atoms with Crippen molar-refractivity contribution in [2.24, 2.45) is 5.92 Å². The molecule has 0 aliphatic carbocycles. The zero-order valence-corrected chi connectivity index (χ0v) is 20.8. The van der Waals surface area contributed by atoms with Gasteiger partial charge in [-0.3, -0.25) is 4.79 Å². The molecular weight excluding hydrogens is 414 g/mol. The topological polar surface area (TPSA) is 48.0 Å². The van der Waals surface area contributed by atoms with Gasteiger partial charge in [0.1, 0.15) is 11.5 Å². The summed E-state index contributed by atoms with van der Waals surface area (Å²) in [6, 6.07) is 16.4. The van der Waals surface area contributed by atoms with Crippen LogP contribution in [0.25, 0.3) is 0 Å². The molecule has 0 bridgehead atoms. The highest BCUT2D eigenvalue weighted by Gasteiger charge is 2.34. The van der Waals surface area contributed by atoms with Gasteiger partial charge in [0.15, 0.2) is 0 Å². The first-order chi connectivity index (χ1) is 15.8. The molecule has 2 aromatic carbocycles. The smallest absolute Gasteiger partial charge is 0.222 e. The quantitative estimate of drug-likeness (QED) is 0.455. The molecule has 1 heterocycles. The molecule has 1 aliphatic rings. The molecule has 2 atom stereocenters. The molecule has 1 amide bonds. The van der Waals surface area contributed by atoms with Crippen LogP contribution in [0.5, 0.6) is 11.5 Å². The summed E-state index contributed by atoms with van der Waals surface area (Å²) in [5.41, 5.74) is 2.31. The molecule has 2 unspecified atom stereocenters. The summed E-state index contributed by atoms with van der Waals surface area (Å²) >= 11 is 0. The maximum atomic E-state index is 12.8. The minimum absolute atomic E-state index is 0.115. The lowest BCUT2D eigenvalue weighted by Crippen LogP contribution is -2.37. The van der Waals surface area contributed by atoms with E-state index in [2.05, 4.69) is 26.0 Å². The fraction of sp³-hybridized carbons (Fsp3) is 0.536. The van der Waals surface area contributed by atoms with E-state index in [0.29, 0.717) is 24.8 Å². The molecule has 1 fully saturated rings. The number of hydrogen-bond acceptors (Lipinski definition) is 4. The average Bonchev–Trinajstić information content (AvgIpc) is 2.83. The van der Waals surface area contributed by atoms with E-state index in [4.69, 9.17) is 14.2 Å². The molecule has 0 aromatic heterocycles. The second-order valence-corrected chi connectivity index (χ2v) is 9.55. The van der Waals surface area contributed by atoms with Crippen LogP contribution in [0.15, 0.2) is 48.5 Å². The molecular formula is C28H39NO4. The first kappa shape index (κ1) is 25.1. The zero-order chi connectivity index (χ0) is 23.8. The Hall–Kier alpha value is -2.53. The molecule has 3 rings (SSSR count). The molecule has 5 nitrogen and oxygen atoms in total. The standard InChI is InChI=1S/C28H39NO4/c1-6-27(30)29(20-21-7-11-24(31-4)12-8-21)17-15-26(22-9-13-25(32-5)14-10-22)23-16-18-33-28(2,3)19-23/h7-14,23,26H,6,15-20H2,1-5H3. The Kier molecular flexibility index (Phi) is 8.79. The summed E-state index contributed by atoms with van der Waals surface area (Å²) in [6.45, 7) is 8.43. The number of carbonyl (C=O) groups is 1. The van der Waals surface area contributed by atoms with Gasteiger partial charge in [0.2, 0.25) is 5.91 Å². The fourth-order valence-electron chi connectivity index (χ4n) is 4.91. The SMILES string of the molecule is CCC(=O)N(CCC(c1ccc(OC)cc1)C1CCOC(C)(C)C1)Cc1ccc(OC)cc1. The molecule has 180 valence electrons. The van der Waals surface area contributed by atoms with Gasteiger partial charge in [0, 0.05) is 26.1 Å². The lowest BCUT2D eigenvalue weighted by molar-refractivity contribution is -0.131. The van der Waals surface area contributed by atoms with Gasteiger partial charge in [-0.15, -0.1) is 0 Å². The van der Waals surface area contributed by atoms with Gasteiger partial charge < -0.3 is 19.1 Å². The third kappa shape index (κ3) is 6.97. The van der Waals surface area contributed by atoms with Crippen molar-refractivity contribution in [2.45, 2.75) is 64.5 Å². The van der Waals surface area contributed by atoms with Gasteiger partial charge in [0.25, 0.3) is 0 Å². The van der Waals surface area contributed by atoms with E-state index < -0.39 is 0 Å². The van der Waals surface area contributed by atoms with Crippen LogP contribution in [0.1, 0.15) is 63.5 Å². The van der Waals surface area contributed by atoms with Gasteiger partial charge in [0.05, 0.1) is 19.8 Å². The number of nitrogens with zero attached hydrogens (tertiary/aromatic N) is 1. The van der Waals surface area contributed by atoms with Crippen LogP contribution >= 0.6 is 0 Å². The van der Waals surface area contributed by atoms with Crippen molar-refractivity contribution in [1.29, 1.82) is 0 Å². The van der Waals surface area contributed by atoms with Crippen LogP contribution in [0.3, 0.4) is 0 Å². The van der Waals surface area contributed by atoms with Crippen LogP contribution in [0, 0.1) is 5.92 Å². The molecule has 2 aromatic rings. The predicted molar refractivity (Wildman–Crippen MR) is 132 cm³/mol. The van der Waals surface area contributed by atoms with E-state index in [1.807, 2.05) is 48.2 Å². The van der Waals surface area contributed by atoms with Crippen molar-refractivity contribution < 1.29 is 19.0 Å². The summed E-state index contributed by atoms with van der Waals surface area (Å²) < 4.78 is 16.6. The third-order valence-corrected chi connectivity index (χ3v) is 6.75. The second kappa shape index (κ2) is 11.6. The highest BCUT2D eigenvalue weighted by atomic mass is 16.5. The van der Waals surface area contributed by atoms with Crippen molar-refractivity contribution in [1.82, 2.24) is 4.90 Å². The fourth-order valence-corrected chi connectivity index (χ4v) is 4.91. The summed E-state index contributed by atoms with van der Waals surface area (Å²) in [5, 5.41) is 0. The Morgan fingerprint density at radius 1 is 1.06 bits per heavy atom. The van der Waals surface area contributed by atoms with Crippen molar-refractivity contribution in [3.63, 3.8) is 0 Å². The normalized spacial score (nSPS) is 18.4. The molecule has 5 heteroatoms. The summed E-state index contributed by atoms with van der Waals surface area (Å²) in [6.07, 6.45) is 3.49. The molecule has 33 heavy (non-hydrogen) atoms. The minimum atomic E-state index is -0.115. The van der Waals surface area contributed by atoms with E-state index in [0.717, 1.165) is 49.5 Å². The van der Waals surface area contributed by atoms with Crippen molar-refractivity contribution in [2.75, 3.05) is 27.4 Å². The van der Waals surface area contributed by atoms with Gasteiger partial charge in [-0.05, 0) is 80.3 Å². The molecule has 0 radical (unpaired) electrons. The van der Waals surface area contributed by atoms with Crippen LogP contribution < -0.4 is 9.47 Å². The van der Waals surface area contributed by atoms with Gasteiger partial charge in [-0.1, -0.05) is 31.2 Å². The van der Waals surface area contributed by atoms with Gasteiger partial charge in [-0.25, -0.2) is 0 Å². The number of rotatable bonds is 10. The molecule has 0 saturated carbocycles. The molecule has 0 N–H and O–H groups in total. The molecule has 1 saturated heterocycles. The predicted octanol–water partition coefficient (Wildman–Crippen LogP) is 5.82. The highest BCUT2D eigenvalue weighted by molar-refractivity contribution is 5.75. The van der Waals surface area contributed by atoms with Crippen molar-refractivity contribution in [3.8, 4) is 11.5 Å². The lowest BCUT2D eigenvalue weighted by atomic mass is 9.75. The third-order valence-electron chi connectivity index (χ3n) is 6.75. The monoisotopic (exact) mass is 453 g/mol. The number of hydrogen-bond donors (Lipinski definition) is 0. The van der Waals surface area contributed by atoms with Gasteiger partial charge in [-0.2, -0.15) is 0 Å². The van der Waals surface area contributed by atoms with Crippen molar-refractivity contribution >= 4 is 5.91 Å². The lowest BCUT2D eigenvalue weighted by Gasteiger charge is -2.40. The summed E-state index contributed by atoms with van der Waals surface area (Å²) in [5.74, 6) is 2.76. The average molecular weight is 454 g/mol. The van der Waals surface area contributed by atoms with Crippen LogP contribution in [-0.4, -0.2) is 43.8 Å². The minimum Gasteiger partial charge on any atom is -0.497 e. The van der Waals surface area contributed by atoms with Crippen LogP contribution in [0.2, 0.25) is 0 Å². The summed E-state index contributed by atoms with van der Waals surface area (Å²) in [4.78, 5) is 14.8. The first-order valence-corrected chi connectivity index (χ1v) is 12.0. The Morgan fingerprint density at radius 3 is 2.21 bits per heavy atom. The second-order valence-electron chi connectivity index (χ2n) is 9.55. The number of amides is 1. The highest BCUT2D eigenvalue weighted by Crippen LogP contribution is 2.40. The van der Waals surface area contributed by atoms with Gasteiger partial charge >= 0.3 is 0 Å². The zero-order valence-electron chi connectivity index (χ0n) is 20.8. The largest absolute Gasteiger partial charge is 0.497 e. The van der Waals surface area contributed by atoms with E-state index >= 15 is 0 Å². The van der Waals surface area contributed by atoms with Crippen LogP contribution in [-0.2, 0) is 16.1 Å².